The summed E-state index contributed by atoms with van der Waals surface area (Å²) < 4.78 is 9.49. The lowest BCUT2D eigenvalue weighted by Crippen LogP contribution is -2.28. The molecular weight excluding hydrogens is 301 g/mol. The van der Waals surface area contributed by atoms with E-state index in [1.807, 2.05) is 22.6 Å². The van der Waals surface area contributed by atoms with Gasteiger partial charge in [0.25, 0.3) is 0 Å². The Balaban J connectivity index is 0. The van der Waals surface area contributed by atoms with Gasteiger partial charge in [-0.3, -0.25) is 9.59 Å². The molecule has 0 aliphatic heterocycles. The van der Waals surface area contributed by atoms with Crippen molar-refractivity contribution in [3.05, 3.63) is 12.7 Å². The zero-order valence-corrected chi connectivity index (χ0v) is 10.2. The van der Waals surface area contributed by atoms with Gasteiger partial charge in [-0.2, -0.15) is 0 Å². The lowest BCUT2D eigenvalue weighted by molar-refractivity contribution is -0.158. The van der Waals surface area contributed by atoms with Crippen LogP contribution in [0.1, 0.15) is 0 Å². The molecule has 82 valence electrons. The molecule has 0 saturated heterocycles. The van der Waals surface area contributed by atoms with Crippen molar-refractivity contribution in [2.75, 3.05) is 18.1 Å². The summed E-state index contributed by atoms with van der Waals surface area (Å²) in [6.07, 6.45) is 1.44. The van der Waals surface area contributed by atoms with Crippen molar-refractivity contribution in [3.63, 3.8) is 0 Å². The minimum atomic E-state index is -0.828. The zero-order valence-electron chi connectivity index (χ0n) is 7.99. The molecule has 6 heteroatoms. The summed E-state index contributed by atoms with van der Waals surface area (Å²) in [5.74, 6) is -1.96. The number of carbonyl (C=O) groups excluding carboxylic acids is 2. The Labute approximate surface area is 96.6 Å². The Kier molecular flexibility index (Phi) is 10.1. The van der Waals surface area contributed by atoms with E-state index in [1.165, 1.54) is 13.2 Å². The summed E-state index contributed by atoms with van der Waals surface area (Å²) in [5.41, 5.74) is 0. The van der Waals surface area contributed by atoms with Crippen molar-refractivity contribution in [1.82, 2.24) is 6.15 Å². The summed E-state index contributed by atoms with van der Waals surface area (Å²) in [5, 5.41) is 0. The highest BCUT2D eigenvalue weighted by Gasteiger charge is 2.27. The molecule has 1 unspecified atom stereocenters. The topological polar surface area (TPSA) is 87.6 Å². The van der Waals surface area contributed by atoms with E-state index in [2.05, 4.69) is 11.3 Å². The van der Waals surface area contributed by atoms with Gasteiger partial charge in [-0.1, -0.05) is 35.2 Å². The van der Waals surface area contributed by atoms with Gasteiger partial charge in [-0.05, 0) is 0 Å². The molecule has 0 fully saturated rings. The highest BCUT2D eigenvalue weighted by Crippen LogP contribution is 2.06. The second-order valence-electron chi connectivity index (χ2n) is 2.15. The maximum Gasteiger partial charge on any atom is 0.321 e. The monoisotopic (exact) mass is 315 g/mol. The molecule has 14 heavy (non-hydrogen) atoms. The third-order valence-corrected chi connectivity index (χ3v) is 2.15. The summed E-state index contributed by atoms with van der Waals surface area (Å²) in [7, 11) is 1.24. The van der Waals surface area contributed by atoms with Crippen LogP contribution in [-0.2, 0) is 19.1 Å². The number of methoxy groups -OCH3 is 1. The molecule has 0 rings (SSSR count). The molecule has 0 aliphatic carbocycles. The summed E-state index contributed by atoms with van der Waals surface area (Å²) in [4.78, 5) is 22.2. The second kappa shape index (κ2) is 8.95. The minimum Gasteiger partial charge on any atom is -0.468 e. The average Bonchev–Trinajstić information content (AvgIpc) is 2.15. The Morgan fingerprint density at radius 3 is 2.43 bits per heavy atom. The van der Waals surface area contributed by atoms with E-state index in [1.54, 1.807) is 0 Å². The fourth-order valence-corrected chi connectivity index (χ4v) is 1.33. The van der Waals surface area contributed by atoms with Gasteiger partial charge in [0.15, 0.2) is 5.92 Å². The zero-order chi connectivity index (χ0) is 10.3. The highest BCUT2D eigenvalue weighted by atomic mass is 127. The van der Waals surface area contributed by atoms with Crippen LogP contribution in [0.5, 0.6) is 0 Å². The molecule has 5 nitrogen and oxygen atoms in total. The normalized spacial score (nSPS) is 10.7. The third kappa shape index (κ3) is 5.18. The highest BCUT2D eigenvalue weighted by molar-refractivity contribution is 14.1. The maximum atomic E-state index is 11.2. The van der Waals surface area contributed by atoms with Crippen LogP contribution in [0.3, 0.4) is 0 Å². The van der Waals surface area contributed by atoms with Gasteiger partial charge >= 0.3 is 11.9 Å². The molecule has 3 N–H and O–H groups in total. The molecule has 0 aromatic carbocycles. The molecule has 0 amide bonds. The number of ether oxygens (including phenoxy) is 2. The molecule has 0 aromatic heterocycles. The van der Waals surface area contributed by atoms with E-state index >= 15 is 0 Å². The van der Waals surface area contributed by atoms with Crippen LogP contribution in [0.15, 0.2) is 12.7 Å². The largest absolute Gasteiger partial charge is 0.468 e. The molecule has 0 spiro atoms. The van der Waals surface area contributed by atoms with Crippen LogP contribution < -0.4 is 6.15 Å². The van der Waals surface area contributed by atoms with Crippen molar-refractivity contribution >= 4 is 34.5 Å². The quantitative estimate of drug-likeness (QED) is 0.270. The Bertz CT molecular complexity index is 208. The van der Waals surface area contributed by atoms with Crippen molar-refractivity contribution < 1.29 is 19.1 Å². The first-order valence-corrected chi connectivity index (χ1v) is 5.11. The first-order valence-electron chi connectivity index (χ1n) is 3.58. The molecule has 0 saturated carbocycles. The van der Waals surface area contributed by atoms with Crippen LogP contribution in [0.4, 0.5) is 0 Å². The van der Waals surface area contributed by atoms with Crippen molar-refractivity contribution in [3.8, 4) is 0 Å². The predicted molar refractivity (Wildman–Crippen MR) is 60.6 cm³/mol. The Morgan fingerprint density at radius 2 is 2.07 bits per heavy atom. The van der Waals surface area contributed by atoms with Crippen molar-refractivity contribution in [2.45, 2.75) is 0 Å². The predicted octanol–water partition coefficient (Wildman–Crippen LogP) is 1.10. The van der Waals surface area contributed by atoms with Crippen molar-refractivity contribution in [2.24, 2.45) is 5.92 Å². The SMILES string of the molecule is C=CCOC(=O)C(CI)C(=O)OC.N. The van der Waals surface area contributed by atoms with Gasteiger partial charge in [-0.25, -0.2) is 0 Å². The van der Waals surface area contributed by atoms with E-state index in [0.29, 0.717) is 4.43 Å². The molecule has 0 bridgehead atoms. The van der Waals surface area contributed by atoms with Crippen LogP contribution in [0, 0.1) is 5.92 Å². The van der Waals surface area contributed by atoms with Gasteiger partial charge in [0.05, 0.1) is 7.11 Å². The third-order valence-electron chi connectivity index (χ3n) is 1.27. The number of rotatable bonds is 5. The second-order valence-corrected chi connectivity index (χ2v) is 3.03. The van der Waals surface area contributed by atoms with E-state index < -0.39 is 17.9 Å². The Morgan fingerprint density at radius 1 is 1.50 bits per heavy atom. The van der Waals surface area contributed by atoms with Crippen LogP contribution >= 0.6 is 22.6 Å². The van der Waals surface area contributed by atoms with Gasteiger partial charge in [0, 0.05) is 4.43 Å². The number of hydrogen-bond donors (Lipinski definition) is 1. The Hall–Kier alpha value is -0.630. The van der Waals surface area contributed by atoms with Crippen LogP contribution in [0.2, 0.25) is 0 Å². The van der Waals surface area contributed by atoms with E-state index in [0.717, 1.165) is 0 Å². The number of hydrogen-bond acceptors (Lipinski definition) is 5. The maximum absolute atomic E-state index is 11.2. The molecule has 0 aliphatic rings. The number of alkyl halides is 1. The van der Waals surface area contributed by atoms with E-state index in [-0.39, 0.29) is 12.8 Å². The minimum absolute atomic E-state index is 0. The van der Waals surface area contributed by atoms with Crippen LogP contribution in [-0.4, -0.2) is 30.1 Å². The summed E-state index contributed by atoms with van der Waals surface area (Å²) in [6.45, 7) is 3.50. The lowest BCUT2D eigenvalue weighted by atomic mass is 10.2. The molecule has 0 aromatic rings. The number of esters is 2. The fraction of sp³-hybridized carbons (Fsp3) is 0.500. The number of halogens is 1. The van der Waals surface area contributed by atoms with Gasteiger partial charge in [0.2, 0.25) is 0 Å². The van der Waals surface area contributed by atoms with Gasteiger partial charge < -0.3 is 15.6 Å². The van der Waals surface area contributed by atoms with E-state index in [9.17, 15) is 9.59 Å². The van der Waals surface area contributed by atoms with Crippen LogP contribution in [0.25, 0.3) is 0 Å². The van der Waals surface area contributed by atoms with Gasteiger partial charge in [0.1, 0.15) is 6.61 Å². The fourth-order valence-electron chi connectivity index (χ4n) is 0.606. The summed E-state index contributed by atoms with van der Waals surface area (Å²) in [6, 6.07) is 0. The standard InChI is InChI=1S/C8H11IO4.H3N/c1-3-4-13-8(11)6(5-9)7(10)12-2;/h3,6H,1,4-5H2,2H3;1H3. The number of carbonyl (C=O) groups is 2. The average molecular weight is 315 g/mol. The molecule has 0 radical (unpaired) electrons. The lowest BCUT2D eigenvalue weighted by Gasteiger charge is -2.09. The van der Waals surface area contributed by atoms with E-state index in [4.69, 9.17) is 4.74 Å². The smallest absolute Gasteiger partial charge is 0.321 e. The van der Waals surface area contributed by atoms with Crippen molar-refractivity contribution in [1.29, 1.82) is 0 Å². The summed E-state index contributed by atoms with van der Waals surface area (Å²) >= 11 is 1.93. The molecule has 0 heterocycles. The first kappa shape index (κ1) is 15.8. The first-order chi connectivity index (χ1) is 6.17. The molecular formula is C8H14INO4. The molecule has 1 atom stereocenters. The van der Waals surface area contributed by atoms with Gasteiger partial charge in [-0.15, -0.1) is 0 Å².